The molecule has 2 aromatic rings. The summed E-state index contributed by atoms with van der Waals surface area (Å²) in [5.41, 5.74) is 5.22. The summed E-state index contributed by atoms with van der Waals surface area (Å²) in [5, 5.41) is 15.5. The van der Waals surface area contributed by atoms with Crippen molar-refractivity contribution in [2.24, 2.45) is 0 Å². The van der Waals surface area contributed by atoms with E-state index in [4.69, 9.17) is 0 Å². The standard InChI is InChI=1S/C24H28N4O4/c1-27(2)19-8-5-15(6-9-19)20(29)14-25-23(31)24(32)26-18-12-16-4-3-11-28-21(30)10-7-17(13-18)22(16)28/h5-6,8-9,12-13,20,29H,3-4,7,10-11,14H2,1-2H3,(H,25,31)(H,26,32). The number of carbonyl (C=O) groups excluding carboxylic acids is 3. The third-order valence-corrected chi connectivity index (χ3v) is 5.99. The van der Waals surface area contributed by atoms with E-state index < -0.39 is 17.9 Å². The van der Waals surface area contributed by atoms with Crippen LogP contribution in [0.4, 0.5) is 17.1 Å². The first-order valence-corrected chi connectivity index (χ1v) is 10.8. The Labute approximate surface area is 187 Å². The molecule has 8 nitrogen and oxygen atoms in total. The summed E-state index contributed by atoms with van der Waals surface area (Å²) in [6, 6.07) is 11.0. The summed E-state index contributed by atoms with van der Waals surface area (Å²) >= 11 is 0. The predicted molar refractivity (Wildman–Crippen MR) is 123 cm³/mol. The zero-order chi connectivity index (χ0) is 22.8. The molecule has 0 saturated carbocycles. The first kappa shape index (κ1) is 21.8. The fourth-order valence-electron chi connectivity index (χ4n) is 4.30. The number of nitrogens with one attached hydrogen (secondary N) is 2. The van der Waals surface area contributed by atoms with Gasteiger partial charge < -0.3 is 25.5 Å². The predicted octanol–water partition coefficient (Wildman–Crippen LogP) is 1.77. The number of hydrogen-bond donors (Lipinski definition) is 3. The fraction of sp³-hybridized carbons (Fsp3) is 0.375. The van der Waals surface area contributed by atoms with Gasteiger partial charge in [-0.2, -0.15) is 0 Å². The molecule has 3 amide bonds. The normalized spacial score (nSPS) is 15.6. The SMILES string of the molecule is CN(C)c1ccc(C(O)CNC(=O)C(=O)Nc2cc3c4c(c2)CCC(=O)N4CCC3)cc1. The van der Waals surface area contributed by atoms with Crippen LogP contribution in [0.2, 0.25) is 0 Å². The minimum absolute atomic E-state index is 0.0694. The summed E-state index contributed by atoms with van der Waals surface area (Å²) in [4.78, 5) is 40.7. The Kier molecular flexibility index (Phi) is 6.14. The first-order chi connectivity index (χ1) is 15.3. The van der Waals surface area contributed by atoms with Crippen LogP contribution in [0.15, 0.2) is 36.4 Å². The Morgan fingerprint density at radius 3 is 2.44 bits per heavy atom. The van der Waals surface area contributed by atoms with Crippen LogP contribution in [0.25, 0.3) is 0 Å². The molecular formula is C24H28N4O4. The van der Waals surface area contributed by atoms with Crippen molar-refractivity contribution in [2.45, 2.75) is 31.8 Å². The zero-order valence-electron chi connectivity index (χ0n) is 18.4. The molecule has 0 radical (unpaired) electrons. The van der Waals surface area contributed by atoms with Gasteiger partial charge in [-0.1, -0.05) is 12.1 Å². The Morgan fingerprint density at radius 2 is 1.75 bits per heavy atom. The summed E-state index contributed by atoms with van der Waals surface area (Å²) in [7, 11) is 3.86. The van der Waals surface area contributed by atoms with E-state index in [0.717, 1.165) is 41.9 Å². The van der Waals surface area contributed by atoms with Gasteiger partial charge in [-0.3, -0.25) is 14.4 Å². The monoisotopic (exact) mass is 436 g/mol. The smallest absolute Gasteiger partial charge is 0.313 e. The lowest BCUT2D eigenvalue weighted by Gasteiger charge is -2.35. The molecule has 168 valence electrons. The number of amides is 3. The number of aliphatic hydroxyl groups excluding tert-OH is 1. The van der Waals surface area contributed by atoms with E-state index in [0.29, 0.717) is 24.1 Å². The second-order valence-corrected chi connectivity index (χ2v) is 8.46. The van der Waals surface area contributed by atoms with Crippen molar-refractivity contribution in [2.75, 3.05) is 42.3 Å². The Balaban J connectivity index is 1.37. The Hall–Kier alpha value is -3.39. The molecule has 2 heterocycles. The lowest BCUT2D eigenvalue weighted by Crippen LogP contribution is -2.39. The third-order valence-electron chi connectivity index (χ3n) is 5.99. The second kappa shape index (κ2) is 9.00. The van der Waals surface area contributed by atoms with E-state index in [2.05, 4.69) is 10.6 Å². The summed E-state index contributed by atoms with van der Waals surface area (Å²) < 4.78 is 0. The van der Waals surface area contributed by atoms with Gasteiger partial charge in [0, 0.05) is 45.0 Å². The van der Waals surface area contributed by atoms with Crippen LogP contribution < -0.4 is 20.4 Å². The number of carbonyl (C=O) groups is 3. The minimum Gasteiger partial charge on any atom is -0.387 e. The van der Waals surface area contributed by atoms with Gasteiger partial charge in [-0.05, 0) is 60.2 Å². The van der Waals surface area contributed by atoms with Crippen molar-refractivity contribution in [1.82, 2.24) is 5.32 Å². The number of aryl methyl sites for hydroxylation is 2. The molecule has 1 unspecified atom stereocenters. The fourth-order valence-corrected chi connectivity index (χ4v) is 4.30. The van der Waals surface area contributed by atoms with E-state index >= 15 is 0 Å². The average molecular weight is 437 g/mol. The quantitative estimate of drug-likeness (QED) is 0.620. The number of hydrogen-bond acceptors (Lipinski definition) is 5. The van der Waals surface area contributed by atoms with Crippen LogP contribution >= 0.6 is 0 Å². The molecule has 0 spiro atoms. The second-order valence-electron chi connectivity index (χ2n) is 8.46. The van der Waals surface area contributed by atoms with E-state index in [-0.39, 0.29) is 12.5 Å². The minimum atomic E-state index is -0.917. The molecule has 2 aromatic carbocycles. The molecule has 2 aliphatic rings. The summed E-state index contributed by atoms with van der Waals surface area (Å²) in [6.45, 7) is 0.660. The third kappa shape index (κ3) is 4.45. The van der Waals surface area contributed by atoms with Gasteiger partial charge in [0.2, 0.25) is 5.91 Å². The van der Waals surface area contributed by atoms with E-state index in [9.17, 15) is 19.5 Å². The van der Waals surface area contributed by atoms with Crippen molar-refractivity contribution in [3.63, 3.8) is 0 Å². The molecule has 8 heteroatoms. The van der Waals surface area contributed by atoms with Gasteiger partial charge >= 0.3 is 11.8 Å². The van der Waals surface area contributed by atoms with Crippen LogP contribution in [0.3, 0.4) is 0 Å². The lowest BCUT2D eigenvalue weighted by atomic mass is 9.91. The highest BCUT2D eigenvalue weighted by molar-refractivity contribution is 6.39. The van der Waals surface area contributed by atoms with Gasteiger partial charge in [0.25, 0.3) is 0 Å². The first-order valence-electron chi connectivity index (χ1n) is 10.8. The van der Waals surface area contributed by atoms with Gasteiger partial charge in [-0.15, -0.1) is 0 Å². The van der Waals surface area contributed by atoms with Gasteiger partial charge in [0.05, 0.1) is 11.8 Å². The maximum Gasteiger partial charge on any atom is 0.313 e. The van der Waals surface area contributed by atoms with Crippen LogP contribution in [-0.2, 0) is 27.2 Å². The Bertz CT molecular complexity index is 1030. The zero-order valence-corrected chi connectivity index (χ0v) is 18.4. The average Bonchev–Trinajstić information content (AvgIpc) is 2.79. The van der Waals surface area contributed by atoms with Crippen LogP contribution in [0, 0.1) is 0 Å². The number of rotatable bonds is 5. The molecule has 0 aromatic heterocycles. The van der Waals surface area contributed by atoms with Crippen molar-refractivity contribution in [3.8, 4) is 0 Å². The van der Waals surface area contributed by atoms with Crippen LogP contribution in [0.1, 0.15) is 35.6 Å². The topological polar surface area (TPSA) is 102 Å². The van der Waals surface area contributed by atoms with Gasteiger partial charge in [0.15, 0.2) is 0 Å². The highest BCUT2D eigenvalue weighted by atomic mass is 16.3. The molecule has 0 fully saturated rings. The number of benzene rings is 2. The molecule has 2 aliphatic heterocycles. The molecule has 32 heavy (non-hydrogen) atoms. The van der Waals surface area contributed by atoms with Crippen LogP contribution in [0.5, 0.6) is 0 Å². The summed E-state index contributed by atoms with van der Waals surface area (Å²) in [6.07, 6.45) is 1.88. The van der Waals surface area contributed by atoms with Crippen LogP contribution in [-0.4, -0.2) is 50.0 Å². The van der Waals surface area contributed by atoms with Gasteiger partial charge in [-0.25, -0.2) is 0 Å². The van der Waals surface area contributed by atoms with E-state index in [1.165, 1.54) is 0 Å². The summed E-state index contributed by atoms with van der Waals surface area (Å²) in [5.74, 6) is -1.45. The van der Waals surface area contributed by atoms with E-state index in [1.807, 2.05) is 48.2 Å². The molecule has 3 N–H and O–H groups in total. The number of aliphatic hydroxyl groups is 1. The maximum atomic E-state index is 12.4. The van der Waals surface area contributed by atoms with Crippen molar-refractivity contribution >= 4 is 34.8 Å². The van der Waals surface area contributed by atoms with Crippen molar-refractivity contribution < 1.29 is 19.5 Å². The molecule has 0 saturated heterocycles. The molecule has 1 atom stereocenters. The maximum absolute atomic E-state index is 12.4. The highest BCUT2D eigenvalue weighted by Crippen LogP contribution is 2.37. The number of nitrogens with zero attached hydrogens (tertiary/aromatic N) is 2. The number of anilines is 3. The molecule has 0 aliphatic carbocycles. The van der Waals surface area contributed by atoms with Gasteiger partial charge in [0.1, 0.15) is 0 Å². The molecule has 4 rings (SSSR count). The molecule has 0 bridgehead atoms. The lowest BCUT2D eigenvalue weighted by molar-refractivity contribution is -0.136. The largest absolute Gasteiger partial charge is 0.387 e. The van der Waals surface area contributed by atoms with E-state index in [1.54, 1.807) is 12.1 Å². The Morgan fingerprint density at radius 1 is 1.06 bits per heavy atom. The van der Waals surface area contributed by atoms with Crippen molar-refractivity contribution in [3.05, 3.63) is 53.1 Å². The highest BCUT2D eigenvalue weighted by Gasteiger charge is 2.30. The van der Waals surface area contributed by atoms with Crippen molar-refractivity contribution in [1.29, 1.82) is 0 Å². The molecular weight excluding hydrogens is 408 g/mol.